The SMILES string of the molecule is CCC1CN(C(=O)NCCCC(=O)O)CCN1Cc1ccccc1. The summed E-state index contributed by atoms with van der Waals surface area (Å²) in [5.74, 6) is -0.829. The van der Waals surface area contributed by atoms with Crippen LogP contribution in [0.4, 0.5) is 4.79 Å². The molecular formula is C18H27N3O3. The van der Waals surface area contributed by atoms with Gasteiger partial charge in [-0.3, -0.25) is 9.69 Å². The average Bonchev–Trinajstić information content (AvgIpc) is 2.59. The van der Waals surface area contributed by atoms with Crippen molar-refractivity contribution in [1.29, 1.82) is 0 Å². The Balaban J connectivity index is 1.80. The smallest absolute Gasteiger partial charge is 0.317 e. The van der Waals surface area contributed by atoms with Gasteiger partial charge in [-0.1, -0.05) is 37.3 Å². The minimum Gasteiger partial charge on any atom is -0.481 e. The Bertz CT molecular complexity index is 536. The lowest BCUT2D eigenvalue weighted by atomic mass is 10.1. The zero-order valence-corrected chi connectivity index (χ0v) is 14.3. The van der Waals surface area contributed by atoms with E-state index in [0.717, 1.165) is 19.5 Å². The third-order valence-corrected chi connectivity index (χ3v) is 4.44. The summed E-state index contributed by atoms with van der Waals surface area (Å²) in [7, 11) is 0. The predicted molar refractivity (Wildman–Crippen MR) is 92.8 cm³/mol. The zero-order chi connectivity index (χ0) is 17.4. The van der Waals surface area contributed by atoms with Gasteiger partial charge >= 0.3 is 12.0 Å². The number of urea groups is 1. The molecule has 0 aliphatic carbocycles. The molecule has 6 heteroatoms. The zero-order valence-electron chi connectivity index (χ0n) is 14.3. The second-order valence-corrected chi connectivity index (χ2v) is 6.19. The van der Waals surface area contributed by atoms with Crippen LogP contribution in [0.5, 0.6) is 0 Å². The first-order chi connectivity index (χ1) is 11.6. The first kappa shape index (κ1) is 18.3. The van der Waals surface area contributed by atoms with Crippen LogP contribution in [0.15, 0.2) is 30.3 Å². The number of piperazine rings is 1. The van der Waals surface area contributed by atoms with Crippen LogP contribution in [0, 0.1) is 0 Å². The first-order valence-corrected chi connectivity index (χ1v) is 8.62. The molecule has 6 nitrogen and oxygen atoms in total. The summed E-state index contributed by atoms with van der Waals surface area (Å²) in [5, 5.41) is 11.4. The summed E-state index contributed by atoms with van der Waals surface area (Å²) in [6, 6.07) is 10.7. The molecule has 0 spiro atoms. The van der Waals surface area contributed by atoms with Crippen molar-refractivity contribution in [3.8, 4) is 0 Å². The highest BCUT2D eigenvalue weighted by Crippen LogP contribution is 2.16. The fourth-order valence-corrected chi connectivity index (χ4v) is 3.04. The van der Waals surface area contributed by atoms with E-state index in [1.165, 1.54) is 5.56 Å². The number of carbonyl (C=O) groups excluding carboxylic acids is 1. The van der Waals surface area contributed by atoms with Crippen LogP contribution in [-0.4, -0.2) is 59.1 Å². The topological polar surface area (TPSA) is 72.9 Å². The molecule has 1 fully saturated rings. The quantitative estimate of drug-likeness (QED) is 0.750. The van der Waals surface area contributed by atoms with E-state index in [9.17, 15) is 9.59 Å². The van der Waals surface area contributed by atoms with E-state index >= 15 is 0 Å². The molecule has 0 radical (unpaired) electrons. The lowest BCUT2D eigenvalue weighted by Gasteiger charge is -2.41. The highest BCUT2D eigenvalue weighted by Gasteiger charge is 2.28. The molecule has 1 aromatic carbocycles. The Kier molecular flexibility index (Phi) is 7.06. The van der Waals surface area contributed by atoms with Gasteiger partial charge in [-0.25, -0.2) is 4.79 Å². The van der Waals surface area contributed by atoms with E-state index in [4.69, 9.17) is 5.11 Å². The van der Waals surface area contributed by atoms with Gasteiger partial charge < -0.3 is 15.3 Å². The minimum atomic E-state index is -0.829. The first-order valence-electron chi connectivity index (χ1n) is 8.62. The van der Waals surface area contributed by atoms with E-state index in [1.54, 1.807) is 0 Å². The van der Waals surface area contributed by atoms with Crippen LogP contribution >= 0.6 is 0 Å². The lowest BCUT2D eigenvalue weighted by Crippen LogP contribution is -2.56. The number of nitrogens with zero attached hydrogens (tertiary/aromatic N) is 2. The Morgan fingerprint density at radius 3 is 2.67 bits per heavy atom. The molecule has 0 saturated carbocycles. The van der Waals surface area contributed by atoms with Gasteiger partial charge in [0.1, 0.15) is 0 Å². The Morgan fingerprint density at radius 2 is 2.00 bits per heavy atom. The van der Waals surface area contributed by atoms with Crippen molar-refractivity contribution in [3.05, 3.63) is 35.9 Å². The molecule has 0 aromatic heterocycles. The molecule has 2 amide bonds. The van der Waals surface area contributed by atoms with Crippen molar-refractivity contribution in [3.63, 3.8) is 0 Å². The fourth-order valence-electron chi connectivity index (χ4n) is 3.04. The molecule has 1 unspecified atom stereocenters. The number of nitrogens with one attached hydrogen (secondary N) is 1. The van der Waals surface area contributed by atoms with Crippen LogP contribution in [-0.2, 0) is 11.3 Å². The lowest BCUT2D eigenvalue weighted by molar-refractivity contribution is -0.137. The minimum absolute atomic E-state index is 0.0850. The van der Waals surface area contributed by atoms with Gasteiger partial charge in [0.25, 0.3) is 0 Å². The number of hydrogen-bond donors (Lipinski definition) is 2. The van der Waals surface area contributed by atoms with E-state index in [2.05, 4.69) is 41.4 Å². The van der Waals surface area contributed by atoms with Crippen molar-refractivity contribution in [2.24, 2.45) is 0 Å². The van der Waals surface area contributed by atoms with E-state index in [0.29, 0.717) is 32.1 Å². The maximum absolute atomic E-state index is 12.2. The third kappa shape index (κ3) is 5.53. The fraction of sp³-hybridized carbons (Fsp3) is 0.556. The van der Waals surface area contributed by atoms with Gasteiger partial charge in [0.2, 0.25) is 0 Å². The van der Waals surface area contributed by atoms with Crippen LogP contribution in [0.25, 0.3) is 0 Å². The highest BCUT2D eigenvalue weighted by molar-refractivity contribution is 5.74. The van der Waals surface area contributed by atoms with Crippen molar-refractivity contribution >= 4 is 12.0 Å². The number of carboxylic acid groups (broad SMARTS) is 1. The van der Waals surface area contributed by atoms with Crippen molar-refractivity contribution < 1.29 is 14.7 Å². The number of amides is 2. The number of carbonyl (C=O) groups is 2. The molecule has 24 heavy (non-hydrogen) atoms. The number of hydrogen-bond acceptors (Lipinski definition) is 3. The molecule has 1 atom stereocenters. The second-order valence-electron chi connectivity index (χ2n) is 6.19. The normalized spacial score (nSPS) is 18.4. The second kappa shape index (κ2) is 9.27. The standard InChI is InChI=1S/C18H27N3O3/c1-2-16-14-21(18(24)19-10-6-9-17(22)23)12-11-20(16)13-15-7-4-3-5-8-15/h3-5,7-8,16H,2,6,9-14H2,1H3,(H,19,24)(H,22,23). The molecule has 0 bridgehead atoms. The van der Waals surface area contributed by atoms with Crippen LogP contribution in [0.2, 0.25) is 0 Å². The molecular weight excluding hydrogens is 306 g/mol. The molecule has 1 aliphatic rings. The van der Waals surface area contributed by atoms with Crippen LogP contribution in [0.1, 0.15) is 31.7 Å². The summed E-state index contributed by atoms with van der Waals surface area (Å²) in [4.78, 5) is 27.0. The molecule has 1 saturated heterocycles. The third-order valence-electron chi connectivity index (χ3n) is 4.44. The molecule has 1 heterocycles. The number of benzene rings is 1. The summed E-state index contributed by atoms with van der Waals surface area (Å²) < 4.78 is 0. The summed E-state index contributed by atoms with van der Waals surface area (Å²) in [6.07, 6.45) is 1.55. The maximum atomic E-state index is 12.2. The maximum Gasteiger partial charge on any atom is 0.317 e. The Morgan fingerprint density at radius 1 is 1.25 bits per heavy atom. The van der Waals surface area contributed by atoms with Crippen molar-refractivity contribution in [2.45, 2.75) is 38.8 Å². The average molecular weight is 333 g/mol. The van der Waals surface area contributed by atoms with E-state index < -0.39 is 5.97 Å². The van der Waals surface area contributed by atoms with Gasteiger partial charge in [-0.15, -0.1) is 0 Å². The molecule has 2 N–H and O–H groups in total. The van der Waals surface area contributed by atoms with Gasteiger partial charge in [0.15, 0.2) is 0 Å². The van der Waals surface area contributed by atoms with Crippen molar-refractivity contribution in [2.75, 3.05) is 26.2 Å². The van der Waals surface area contributed by atoms with Gasteiger partial charge in [-0.2, -0.15) is 0 Å². The van der Waals surface area contributed by atoms with Crippen LogP contribution < -0.4 is 5.32 Å². The Hall–Kier alpha value is -2.08. The van der Waals surface area contributed by atoms with E-state index in [1.807, 2.05) is 11.0 Å². The molecule has 132 valence electrons. The van der Waals surface area contributed by atoms with E-state index in [-0.39, 0.29) is 12.5 Å². The monoisotopic (exact) mass is 333 g/mol. The number of aliphatic carboxylic acids is 1. The number of carboxylic acids is 1. The highest BCUT2D eigenvalue weighted by atomic mass is 16.4. The predicted octanol–water partition coefficient (Wildman–Crippen LogP) is 2.16. The summed E-state index contributed by atoms with van der Waals surface area (Å²) in [6.45, 7) is 5.74. The van der Waals surface area contributed by atoms with Crippen LogP contribution in [0.3, 0.4) is 0 Å². The molecule has 1 aliphatic heterocycles. The number of rotatable bonds is 7. The largest absolute Gasteiger partial charge is 0.481 e. The summed E-state index contributed by atoms with van der Waals surface area (Å²) in [5.41, 5.74) is 1.29. The Labute approximate surface area is 143 Å². The van der Waals surface area contributed by atoms with Gasteiger partial charge in [0, 0.05) is 45.2 Å². The molecule has 2 rings (SSSR count). The van der Waals surface area contributed by atoms with Gasteiger partial charge in [0.05, 0.1) is 0 Å². The van der Waals surface area contributed by atoms with Gasteiger partial charge in [-0.05, 0) is 18.4 Å². The van der Waals surface area contributed by atoms with Crippen molar-refractivity contribution in [1.82, 2.24) is 15.1 Å². The molecule has 1 aromatic rings. The summed E-state index contributed by atoms with van der Waals surface area (Å²) >= 11 is 0.